The Bertz CT molecular complexity index is 408. The number of amides is 1. The number of aliphatic hydroxyl groups is 1. The number of nitriles is 1. The zero-order valence-electron chi connectivity index (χ0n) is 12.6. The molecule has 2 unspecified atom stereocenters. The molecule has 5 nitrogen and oxygen atoms in total. The molecule has 2 atom stereocenters. The largest absolute Gasteiger partial charge is 0.444 e. The van der Waals surface area contributed by atoms with Crippen molar-refractivity contribution in [2.75, 3.05) is 0 Å². The van der Waals surface area contributed by atoms with Gasteiger partial charge in [-0.05, 0) is 52.9 Å². The minimum atomic E-state index is -0.941. The number of hydrogen-bond acceptors (Lipinski definition) is 4. The highest BCUT2D eigenvalue weighted by atomic mass is 16.6. The van der Waals surface area contributed by atoms with E-state index in [0.717, 1.165) is 19.3 Å². The highest BCUT2D eigenvalue weighted by Crippen LogP contribution is 2.41. The van der Waals surface area contributed by atoms with Gasteiger partial charge in [-0.3, -0.25) is 0 Å². The van der Waals surface area contributed by atoms with Crippen LogP contribution in [0, 0.1) is 11.3 Å². The third-order valence-corrected chi connectivity index (χ3v) is 4.11. The van der Waals surface area contributed by atoms with Crippen LogP contribution in [0.3, 0.4) is 0 Å². The van der Waals surface area contributed by atoms with Crippen LogP contribution < -0.4 is 0 Å². The summed E-state index contributed by atoms with van der Waals surface area (Å²) >= 11 is 0. The van der Waals surface area contributed by atoms with Crippen molar-refractivity contribution in [1.29, 1.82) is 5.26 Å². The number of piperidine rings is 2. The van der Waals surface area contributed by atoms with E-state index >= 15 is 0 Å². The van der Waals surface area contributed by atoms with Crippen LogP contribution in [0.15, 0.2) is 0 Å². The molecule has 112 valence electrons. The standard InChI is InChI=1S/C15H24N2O3/c1-14(2,3)20-13(18)17-11-5-4-6-12(17)10-15(19,9-11)7-8-16/h11-12,19H,4-7,9-10H2,1-3H3. The monoisotopic (exact) mass is 280 g/mol. The smallest absolute Gasteiger partial charge is 0.410 e. The van der Waals surface area contributed by atoms with E-state index in [2.05, 4.69) is 6.07 Å². The maximum absolute atomic E-state index is 12.4. The SMILES string of the molecule is CC(C)(C)OC(=O)N1C2CCCC1CC(O)(CC#N)C2. The zero-order valence-corrected chi connectivity index (χ0v) is 12.6. The fourth-order valence-electron chi connectivity index (χ4n) is 3.43. The second-order valence-corrected chi connectivity index (χ2v) is 7.09. The molecule has 0 aromatic carbocycles. The molecule has 2 bridgehead atoms. The van der Waals surface area contributed by atoms with Gasteiger partial charge in [0.1, 0.15) is 5.60 Å². The molecule has 2 aliphatic heterocycles. The van der Waals surface area contributed by atoms with Gasteiger partial charge < -0.3 is 14.7 Å². The van der Waals surface area contributed by atoms with E-state index in [-0.39, 0.29) is 24.6 Å². The van der Waals surface area contributed by atoms with Crippen molar-refractivity contribution in [3.63, 3.8) is 0 Å². The number of fused-ring (bicyclic) bond motifs is 2. The van der Waals surface area contributed by atoms with E-state index in [9.17, 15) is 9.90 Å². The van der Waals surface area contributed by atoms with Gasteiger partial charge in [-0.2, -0.15) is 5.26 Å². The van der Waals surface area contributed by atoms with E-state index in [1.165, 1.54) is 0 Å². The predicted octanol–water partition coefficient (Wildman–Crippen LogP) is 2.58. The van der Waals surface area contributed by atoms with Crippen LogP contribution in [0.5, 0.6) is 0 Å². The molecule has 2 aliphatic rings. The van der Waals surface area contributed by atoms with E-state index in [4.69, 9.17) is 10.00 Å². The van der Waals surface area contributed by atoms with Crippen molar-refractivity contribution in [1.82, 2.24) is 4.90 Å². The van der Waals surface area contributed by atoms with Gasteiger partial charge >= 0.3 is 6.09 Å². The van der Waals surface area contributed by atoms with Crippen LogP contribution in [0.2, 0.25) is 0 Å². The highest BCUT2D eigenvalue weighted by Gasteiger charge is 2.48. The minimum absolute atomic E-state index is 0.00398. The molecule has 2 heterocycles. The van der Waals surface area contributed by atoms with Crippen molar-refractivity contribution in [3.8, 4) is 6.07 Å². The summed E-state index contributed by atoms with van der Waals surface area (Å²) in [6.07, 6.45) is 3.64. The van der Waals surface area contributed by atoms with E-state index < -0.39 is 11.2 Å². The quantitative estimate of drug-likeness (QED) is 0.801. The molecule has 0 saturated carbocycles. The first-order chi connectivity index (χ1) is 9.24. The van der Waals surface area contributed by atoms with Gasteiger partial charge in [-0.1, -0.05) is 0 Å². The highest BCUT2D eigenvalue weighted by molar-refractivity contribution is 5.69. The number of ether oxygens (including phenoxy) is 1. The van der Waals surface area contributed by atoms with Gasteiger partial charge in [0.05, 0.1) is 18.1 Å². The van der Waals surface area contributed by atoms with Crippen molar-refractivity contribution in [3.05, 3.63) is 0 Å². The lowest BCUT2D eigenvalue weighted by atomic mass is 9.74. The number of carbonyl (C=O) groups is 1. The summed E-state index contributed by atoms with van der Waals surface area (Å²) in [6.45, 7) is 5.57. The lowest BCUT2D eigenvalue weighted by molar-refractivity contribution is -0.0900. The van der Waals surface area contributed by atoms with Gasteiger partial charge in [-0.15, -0.1) is 0 Å². The molecule has 20 heavy (non-hydrogen) atoms. The van der Waals surface area contributed by atoms with Crippen molar-refractivity contribution in [2.45, 2.75) is 82.6 Å². The summed E-state index contributed by atoms with van der Waals surface area (Å²) in [5.74, 6) is 0. The molecular weight excluding hydrogens is 256 g/mol. The Morgan fingerprint density at radius 3 is 2.40 bits per heavy atom. The van der Waals surface area contributed by atoms with Crippen molar-refractivity contribution >= 4 is 6.09 Å². The van der Waals surface area contributed by atoms with Crippen LogP contribution in [0.1, 0.15) is 59.3 Å². The van der Waals surface area contributed by atoms with Crippen LogP contribution in [-0.4, -0.2) is 39.4 Å². The van der Waals surface area contributed by atoms with Gasteiger partial charge in [0.15, 0.2) is 0 Å². The Labute approximate surface area is 120 Å². The molecule has 5 heteroatoms. The predicted molar refractivity (Wildman–Crippen MR) is 73.9 cm³/mol. The number of rotatable bonds is 1. The molecular formula is C15H24N2O3. The molecule has 0 radical (unpaired) electrons. The lowest BCUT2D eigenvalue weighted by Crippen LogP contribution is -2.60. The Kier molecular flexibility index (Phi) is 3.97. The van der Waals surface area contributed by atoms with Gasteiger partial charge in [-0.25, -0.2) is 4.79 Å². The summed E-state index contributed by atoms with van der Waals surface area (Å²) in [5, 5.41) is 19.4. The summed E-state index contributed by atoms with van der Waals surface area (Å²) in [6, 6.07) is 2.06. The van der Waals surface area contributed by atoms with Crippen LogP contribution in [0.25, 0.3) is 0 Å². The van der Waals surface area contributed by atoms with E-state index in [1.807, 2.05) is 20.8 Å². The zero-order chi connectivity index (χ0) is 15.0. The lowest BCUT2D eigenvalue weighted by Gasteiger charge is -2.51. The van der Waals surface area contributed by atoms with Gasteiger partial charge in [0, 0.05) is 12.1 Å². The maximum atomic E-state index is 12.4. The Hall–Kier alpha value is -1.28. The molecule has 0 aromatic heterocycles. The molecule has 2 fully saturated rings. The second kappa shape index (κ2) is 5.25. The Morgan fingerprint density at radius 1 is 1.40 bits per heavy atom. The van der Waals surface area contributed by atoms with Gasteiger partial charge in [0.2, 0.25) is 0 Å². The molecule has 2 saturated heterocycles. The van der Waals surface area contributed by atoms with Crippen molar-refractivity contribution in [2.24, 2.45) is 0 Å². The third kappa shape index (κ3) is 3.24. The average molecular weight is 280 g/mol. The maximum Gasteiger partial charge on any atom is 0.410 e. The Morgan fingerprint density at radius 2 is 1.95 bits per heavy atom. The molecule has 0 aliphatic carbocycles. The third-order valence-electron chi connectivity index (χ3n) is 4.11. The number of nitrogens with zero attached hydrogens (tertiary/aromatic N) is 2. The molecule has 1 amide bonds. The molecule has 1 N–H and O–H groups in total. The van der Waals surface area contributed by atoms with Crippen LogP contribution in [-0.2, 0) is 4.74 Å². The van der Waals surface area contributed by atoms with Crippen LogP contribution in [0.4, 0.5) is 4.79 Å². The first-order valence-electron chi connectivity index (χ1n) is 7.35. The minimum Gasteiger partial charge on any atom is -0.444 e. The molecule has 0 spiro atoms. The normalized spacial score (nSPS) is 33.5. The summed E-state index contributed by atoms with van der Waals surface area (Å²) in [7, 11) is 0. The number of hydrogen-bond donors (Lipinski definition) is 1. The topological polar surface area (TPSA) is 73.6 Å². The molecule has 2 rings (SSSR count). The van der Waals surface area contributed by atoms with Crippen LogP contribution >= 0.6 is 0 Å². The fourth-order valence-corrected chi connectivity index (χ4v) is 3.43. The van der Waals surface area contributed by atoms with E-state index in [0.29, 0.717) is 12.8 Å². The van der Waals surface area contributed by atoms with Gasteiger partial charge in [0.25, 0.3) is 0 Å². The first-order valence-corrected chi connectivity index (χ1v) is 7.35. The Balaban J connectivity index is 2.13. The van der Waals surface area contributed by atoms with Crippen molar-refractivity contribution < 1.29 is 14.6 Å². The summed E-state index contributed by atoms with van der Waals surface area (Å²) in [5.41, 5.74) is -1.45. The first kappa shape index (κ1) is 15.1. The summed E-state index contributed by atoms with van der Waals surface area (Å²) < 4.78 is 5.48. The fraction of sp³-hybridized carbons (Fsp3) is 0.867. The molecule has 0 aromatic rings. The summed E-state index contributed by atoms with van der Waals surface area (Å²) in [4.78, 5) is 14.2. The number of carbonyl (C=O) groups excluding carboxylic acids is 1. The average Bonchev–Trinajstić information content (AvgIpc) is 2.24. The second-order valence-electron chi connectivity index (χ2n) is 7.09. The van der Waals surface area contributed by atoms with E-state index in [1.54, 1.807) is 4.90 Å².